The van der Waals surface area contributed by atoms with Gasteiger partial charge in [0.15, 0.2) is 5.78 Å². The molecule has 3 nitrogen and oxygen atoms in total. The van der Waals surface area contributed by atoms with Crippen LogP contribution in [0.3, 0.4) is 0 Å². The Morgan fingerprint density at radius 2 is 1.71 bits per heavy atom. The molecule has 0 bridgehead atoms. The largest absolute Gasteiger partial charge is 0.493 e. The van der Waals surface area contributed by atoms with Gasteiger partial charge in [0.05, 0.1) is 13.2 Å². The summed E-state index contributed by atoms with van der Waals surface area (Å²) in [5.41, 5.74) is 2.51. The van der Waals surface area contributed by atoms with Crippen LogP contribution >= 0.6 is 0 Å². The van der Waals surface area contributed by atoms with Gasteiger partial charge in [-0.15, -0.1) is 0 Å². The molecule has 0 saturated carbocycles. The summed E-state index contributed by atoms with van der Waals surface area (Å²) in [7, 11) is 0. The van der Waals surface area contributed by atoms with Gasteiger partial charge >= 0.3 is 0 Å². The van der Waals surface area contributed by atoms with Crippen LogP contribution in [0.25, 0.3) is 0 Å². The molecule has 3 heteroatoms. The molecule has 1 aromatic carbocycles. The Bertz CT molecular complexity index is 422. The van der Waals surface area contributed by atoms with E-state index in [0.717, 1.165) is 22.6 Å². The summed E-state index contributed by atoms with van der Waals surface area (Å²) in [4.78, 5) is 11.6. The summed E-state index contributed by atoms with van der Waals surface area (Å²) < 4.78 is 11.2. The van der Waals surface area contributed by atoms with Crippen LogP contribution in [0.1, 0.15) is 42.3 Å². The number of benzene rings is 1. The molecular formula is C14H20O3. The fourth-order valence-corrected chi connectivity index (χ4v) is 1.90. The van der Waals surface area contributed by atoms with Crippen molar-refractivity contribution in [1.29, 1.82) is 0 Å². The molecule has 0 amide bonds. The van der Waals surface area contributed by atoms with Crippen LogP contribution in [0.2, 0.25) is 0 Å². The Labute approximate surface area is 103 Å². The van der Waals surface area contributed by atoms with Gasteiger partial charge in [-0.3, -0.25) is 4.79 Å². The van der Waals surface area contributed by atoms with E-state index in [4.69, 9.17) is 9.47 Å². The van der Waals surface area contributed by atoms with Crippen molar-refractivity contribution in [2.45, 2.75) is 34.6 Å². The molecule has 0 saturated heterocycles. The first-order valence-electron chi connectivity index (χ1n) is 5.93. The van der Waals surface area contributed by atoms with E-state index in [1.54, 1.807) is 13.0 Å². The molecule has 17 heavy (non-hydrogen) atoms. The van der Waals surface area contributed by atoms with E-state index < -0.39 is 0 Å². The molecule has 0 unspecified atom stereocenters. The van der Waals surface area contributed by atoms with Crippen LogP contribution in [0, 0.1) is 13.8 Å². The molecule has 1 aromatic rings. The van der Waals surface area contributed by atoms with Gasteiger partial charge in [-0.2, -0.15) is 0 Å². The summed E-state index contributed by atoms with van der Waals surface area (Å²) >= 11 is 0. The van der Waals surface area contributed by atoms with Crippen LogP contribution in [-0.4, -0.2) is 19.0 Å². The Hall–Kier alpha value is -1.51. The Balaban J connectivity index is 3.40. The Morgan fingerprint density at radius 1 is 1.12 bits per heavy atom. The lowest BCUT2D eigenvalue weighted by atomic mass is 10.00. The van der Waals surface area contributed by atoms with E-state index in [1.165, 1.54) is 0 Å². The summed E-state index contributed by atoms with van der Waals surface area (Å²) in [5, 5.41) is 0. The van der Waals surface area contributed by atoms with E-state index in [2.05, 4.69) is 0 Å². The predicted molar refractivity (Wildman–Crippen MR) is 68.3 cm³/mol. The quantitative estimate of drug-likeness (QED) is 0.736. The summed E-state index contributed by atoms with van der Waals surface area (Å²) in [6.07, 6.45) is 0. The second kappa shape index (κ2) is 5.71. The van der Waals surface area contributed by atoms with Crippen molar-refractivity contribution in [1.82, 2.24) is 0 Å². The van der Waals surface area contributed by atoms with Crippen LogP contribution < -0.4 is 9.47 Å². The van der Waals surface area contributed by atoms with Crippen molar-refractivity contribution in [3.05, 3.63) is 22.8 Å². The maximum absolute atomic E-state index is 11.6. The van der Waals surface area contributed by atoms with E-state index >= 15 is 0 Å². The zero-order chi connectivity index (χ0) is 13.0. The van der Waals surface area contributed by atoms with Crippen molar-refractivity contribution in [3.63, 3.8) is 0 Å². The average Bonchev–Trinajstić information content (AvgIpc) is 2.27. The van der Waals surface area contributed by atoms with Crippen molar-refractivity contribution in [2.24, 2.45) is 0 Å². The molecule has 0 fully saturated rings. The highest BCUT2D eigenvalue weighted by Crippen LogP contribution is 2.34. The van der Waals surface area contributed by atoms with E-state index in [1.807, 2.05) is 27.7 Å². The number of hydrogen-bond acceptors (Lipinski definition) is 3. The molecule has 0 atom stereocenters. The number of ether oxygens (including phenoxy) is 2. The van der Waals surface area contributed by atoms with Crippen molar-refractivity contribution in [2.75, 3.05) is 13.2 Å². The van der Waals surface area contributed by atoms with Gasteiger partial charge in [-0.1, -0.05) is 0 Å². The van der Waals surface area contributed by atoms with Crippen molar-refractivity contribution >= 4 is 5.78 Å². The number of Topliss-reactive ketones (excluding diaryl/α,β-unsaturated/α-hetero) is 1. The summed E-state index contributed by atoms with van der Waals surface area (Å²) in [6, 6.07) is 1.80. The lowest BCUT2D eigenvalue weighted by Crippen LogP contribution is -2.06. The maximum Gasteiger partial charge on any atom is 0.160 e. The first kappa shape index (κ1) is 13.6. The molecule has 0 aliphatic heterocycles. The van der Waals surface area contributed by atoms with Gasteiger partial charge in [-0.25, -0.2) is 0 Å². The lowest BCUT2D eigenvalue weighted by molar-refractivity contribution is 0.101. The minimum absolute atomic E-state index is 0.0319. The third-order valence-corrected chi connectivity index (χ3v) is 2.70. The minimum atomic E-state index is 0.0319. The SMILES string of the molecule is CCOc1cc(C(C)=O)c(C)c(OCC)c1C. The molecule has 0 aromatic heterocycles. The van der Waals surface area contributed by atoms with E-state index in [0.29, 0.717) is 18.8 Å². The normalized spacial score (nSPS) is 10.2. The zero-order valence-electron chi connectivity index (χ0n) is 11.2. The minimum Gasteiger partial charge on any atom is -0.493 e. The van der Waals surface area contributed by atoms with Crippen molar-refractivity contribution in [3.8, 4) is 11.5 Å². The van der Waals surface area contributed by atoms with Gasteiger partial charge < -0.3 is 9.47 Å². The first-order valence-corrected chi connectivity index (χ1v) is 5.93. The van der Waals surface area contributed by atoms with Crippen LogP contribution in [0.5, 0.6) is 11.5 Å². The van der Waals surface area contributed by atoms with Gasteiger partial charge in [0, 0.05) is 16.7 Å². The van der Waals surface area contributed by atoms with E-state index in [9.17, 15) is 4.79 Å². The molecule has 0 spiro atoms. The van der Waals surface area contributed by atoms with Gasteiger partial charge in [0.25, 0.3) is 0 Å². The molecule has 0 heterocycles. The number of ketones is 1. The zero-order valence-corrected chi connectivity index (χ0v) is 11.2. The fourth-order valence-electron chi connectivity index (χ4n) is 1.90. The Kier molecular flexibility index (Phi) is 4.55. The standard InChI is InChI=1S/C14H20O3/c1-6-16-13-8-12(11(5)15)9(3)14(10(13)4)17-7-2/h8H,6-7H2,1-5H3. The van der Waals surface area contributed by atoms with Gasteiger partial charge in [-0.05, 0) is 40.7 Å². The molecule has 94 valence electrons. The summed E-state index contributed by atoms with van der Waals surface area (Å²) in [5.74, 6) is 1.53. The number of carbonyl (C=O) groups is 1. The molecule has 0 aliphatic carbocycles. The molecule has 0 radical (unpaired) electrons. The highest BCUT2D eigenvalue weighted by Gasteiger charge is 2.16. The lowest BCUT2D eigenvalue weighted by Gasteiger charge is -2.17. The van der Waals surface area contributed by atoms with Crippen LogP contribution in [-0.2, 0) is 0 Å². The second-order valence-corrected chi connectivity index (χ2v) is 3.92. The van der Waals surface area contributed by atoms with Gasteiger partial charge in [0.1, 0.15) is 11.5 Å². The fraction of sp³-hybridized carbons (Fsp3) is 0.500. The van der Waals surface area contributed by atoms with Crippen LogP contribution in [0.4, 0.5) is 0 Å². The highest BCUT2D eigenvalue weighted by atomic mass is 16.5. The average molecular weight is 236 g/mol. The number of carbonyl (C=O) groups excluding carboxylic acids is 1. The van der Waals surface area contributed by atoms with E-state index in [-0.39, 0.29) is 5.78 Å². The molecule has 0 aliphatic rings. The van der Waals surface area contributed by atoms with Gasteiger partial charge in [0.2, 0.25) is 0 Å². The highest BCUT2D eigenvalue weighted by molar-refractivity contribution is 5.97. The third kappa shape index (κ3) is 2.78. The number of hydrogen-bond donors (Lipinski definition) is 0. The van der Waals surface area contributed by atoms with Crippen LogP contribution in [0.15, 0.2) is 6.07 Å². The third-order valence-electron chi connectivity index (χ3n) is 2.70. The second-order valence-electron chi connectivity index (χ2n) is 3.92. The molecule has 1 rings (SSSR count). The topological polar surface area (TPSA) is 35.5 Å². The Morgan fingerprint density at radius 3 is 2.18 bits per heavy atom. The first-order chi connectivity index (χ1) is 8.02. The summed E-state index contributed by atoms with van der Waals surface area (Å²) in [6.45, 7) is 10.4. The predicted octanol–water partition coefficient (Wildman–Crippen LogP) is 3.30. The smallest absolute Gasteiger partial charge is 0.160 e. The monoisotopic (exact) mass is 236 g/mol. The van der Waals surface area contributed by atoms with Crippen molar-refractivity contribution < 1.29 is 14.3 Å². The molecule has 0 N–H and O–H groups in total. The number of rotatable bonds is 5. The maximum atomic E-state index is 11.6. The molecular weight excluding hydrogens is 216 g/mol.